The summed E-state index contributed by atoms with van der Waals surface area (Å²) in [4.78, 5) is 4.33. The second-order valence-electron chi connectivity index (χ2n) is 3.74. The van der Waals surface area contributed by atoms with Crippen molar-refractivity contribution in [1.29, 1.82) is 0 Å². The van der Waals surface area contributed by atoms with Crippen LogP contribution < -0.4 is 16.6 Å². The van der Waals surface area contributed by atoms with E-state index in [1.165, 1.54) is 0 Å². The third-order valence-corrected chi connectivity index (χ3v) is 2.35. The van der Waals surface area contributed by atoms with Crippen molar-refractivity contribution in [3.8, 4) is 0 Å². The largest absolute Gasteiger partial charge is 0.373 e. The van der Waals surface area contributed by atoms with E-state index in [0.29, 0.717) is 12.5 Å². The van der Waals surface area contributed by atoms with Crippen LogP contribution in [0.15, 0.2) is 4.99 Å². The van der Waals surface area contributed by atoms with Crippen molar-refractivity contribution >= 4 is 5.96 Å². The quantitative estimate of drug-likeness (QED) is 0.259. The number of ether oxygens (including phenoxy) is 1. The van der Waals surface area contributed by atoms with E-state index in [0.717, 1.165) is 26.0 Å². The summed E-state index contributed by atoms with van der Waals surface area (Å²) < 4.78 is 5.61. The Kier molecular flexibility index (Phi) is 4.16. The summed E-state index contributed by atoms with van der Waals surface area (Å²) in [5.41, 5.74) is 2.43. The second-order valence-corrected chi connectivity index (χ2v) is 3.74. The number of hydrogen-bond acceptors (Lipinski definition) is 3. The topological polar surface area (TPSA) is 71.7 Å². The second kappa shape index (κ2) is 5.17. The predicted molar refractivity (Wildman–Crippen MR) is 56.9 cm³/mol. The van der Waals surface area contributed by atoms with E-state index < -0.39 is 0 Å². The van der Waals surface area contributed by atoms with Gasteiger partial charge < -0.3 is 10.1 Å². The standard InChI is InChI=1S/C9H20N4O/c1-3-11-8(13-10)12-7-9(2)5-4-6-14-9/h3-7,10H2,1-2H3,(H2,11,12,13). The average molecular weight is 200 g/mol. The zero-order valence-electron chi connectivity index (χ0n) is 8.97. The third kappa shape index (κ3) is 3.16. The molecule has 82 valence electrons. The van der Waals surface area contributed by atoms with Gasteiger partial charge in [-0.2, -0.15) is 0 Å². The molecule has 1 aliphatic heterocycles. The van der Waals surface area contributed by atoms with Crippen LogP contribution in [-0.2, 0) is 4.74 Å². The molecule has 1 unspecified atom stereocenters. The molecule has 1 fully saturated rings. The molecule has 0 aromatic rings. The van der Waals surface area contributed by atoms with Crippen LogP contribution in [0, 0.1) is 0 Å². The number of aliphatic imine (C=N–C) groups is 1. The van der Waals surface area contributed by atoms with Crippen LogP contribution in [0.4, 0.5) is 0 Å². The van der Waals surface area contributed by atoms with E-state index in [4.69, 9.17) is 10.6 Å². The molecule has 0 radical (unpaired) electrons. The highest BCUT2D eigenvalue weighted by atomic mass is 16.5. The molecule has 0 spiro atoms. The average Bonchev–Trinajstić information content (AvgIpc) is 2.60. The Morgan fingerprint density at radius 1 is 1.64 bits per heavy atom. The maximum Gasteiger partial charge on any atom is 0.205 e. The van der Waals surface area contributed by atoms with Crippen molar-refractivity contribution < 1.29 is 4.74 Å². The molecule has 1 aliphatic rings. The fourth-order valence-corrected chi connectivity index (χ4v) is 1.53. The molecule has 0 saturated carbocycles. The van der Waals surface area contributed by atoms with Gasteiger partial charge in [0.05, 0.1) is 12.1 Å². The van der Waals surface area contributed by atoms with Crippen LogP contribution in [0.5, 0.6) is 0 Å². The first-order valence-electron chi connectivity index (χ1n) is 5.09. The van der Waals surface area contributed by atoms with Crippen molar-refractivity contribution in [2.45, 2.75) is 32.3 Å². The van der Waals surface area contributed by atoms with E-state index in [9.17, 15) is 0 Å². The highest BCUT2D eigenvalue weighted by molar-refractivity contribution is 5.79. The van der Waals surface area contributed by atoms with Crippen molar-refractivity contribution in [2.75, 3.05) is 19.7 Å². The Morgan fingerprint density at radius 2 is 2.43 bits per heavy atom. The van der Waals surface area contributed by atoms with Gasteiger partial charge in [-0.1, -0.05) is 0 Å². The molecule has 5 nitrogen and oxygen atoms in total. The monoisotopic (exact) mass is 200 g/mol. The fourth-order valence-electron chi connectivity index (χ4n) is 1.53. The number of nitrogens with zero attached hydrogens (tertiary/aromatic N) is 1. The highest BCUT2D eigenvalue weighted by Crippen LogP contribution is 2.24. The molecule has 0 aromatic carbocycles. The summed E-state index contributed by atoms with van der Waals surface area (Å²) in [6.07, 6.45) is 2.19. The Bertz CT molecular complexity index is 199. The van der Waals surface area contributed by atoms with Crippen LogP contribution in [0.2, 0.25) is 0 Å². The van der Waals surface area contributed by atoms with Gasteiger partial charge in [-0.05, 0) is 26.7 Å². The zero-order valence-corrected chi connectivity index (χ0v) is 8.97. The Morgan fingerprint density at radius 3 is 2.93 bits per heavy atom. The lowest BCUT2D eigenvalue weighted by atomic mass is 10.0. The van der Waals surface area contributed by atoms with Gasteiger partial charge in [-0.15, -0.1) is 0 Å². The summed E-state index contributed by atoms with van der Waals surface area (Å²) in [6, 6.07) is 0. The number of nitrogens with one attached hydrogen (secondary N) is 2. The normalized spacial score (nSPS) is 27.8. The smallest absolute Gasteiger partial charge is 0.205 e. The zero-order chi connectivity index (χ0) is 10.4. The van der Waals surface area contributed by atoms with Crippen molar-refractivity contribution in [1.82, 2.24) is 10.7 Å². The SMILES string of the molecule is CCNC(=NCC1(C)CCCO1)NN. The minimum absolute atomic E-state index is 0.0997. The van der Waals surface area contributed by atoms with Crippen LogP contribution in [0.25, 0.3) is 0 Å². The van der Waals surface area contributed by atoms with Gasteiger partial charge in [-0.3, -0.25) is 5.43 Å². The lowest BCUT2D eigenvalue weighted by molar-refractivity contribution is 0.0283. The maximum atomic E-state index is 5.61. The first kappa shape index (κ1) is 11.3. The van der Waals surface area contributed by atoms with E-state index in [-0.39, 0.29) is 5.60 Å². The molecule has 1 heterocycles. The van der Waals surface area contributed by atoms with E-state index in [1.807, 2.05) is 6.92 Å². The van der Waals surface area contributed by atoms with Gasteiger partial charge in [0, 0.05) is 13.2 Å². The molecule has 5 heteroatoms. The van der Waals surface area contributed by atoms with Gasteiger partial charge in [0.15, 0.2) is 0 Å². The minimum atomic E-state index is -0.0997. The van der Waals surface area contributed by atoms with E-state index >= 15 is 0 Å². The number of rotatable bonds is 3. The van der Waals surface area contributed by atoms with E-state index in [1.54, 1.807) is 0 Å². The van der Waals surface area contributed by atoms with Crippen LogP contribution in [0.1, 0.15) is 26.7 Å². The van der Waals surface area contributed by atoms with Crippen molar-refractivity contribution in [3.05, 3.63) is 0 Å². The molecule has 0 bridgehead atoms. The van der Waals surface area contributed by atoms with Gasteiger partial charge in [0.2, 0.25) is 5.96 Å². The molecule has 0 amide bonds. The summed E-state index contributed by atoms with van der Waals surface area (Å²) >= 11 is 0. The molecular formula is C9H20N4O. The number of hydrazine groups is 1. The fraction of sp³-hybridized carbons (Fsp3) is 0.889. The molecule has 4 N–H and O–H groups in total. The lowest BCUT2D eigenvalue weighted by Crippen LogP contribution is -2.42. The Labute approximate surface area is 85.1 Å². The summed E-state index contributed by atoms with van der Waals surface area (Å²) in [5, 5.41) is 3.03. The van der Waals surface area contributed by atoms with Gasteiger partial charge >= 0.3 is 0 Å². The molecule has 0 aliphatic carbocycles. The van der Waals surface area contributed by atoms with Crippen LogP contribution >= 0.6 is 0 Å². The highest BCUT2D eigenvalue weighted by Gasteiger charge is 2.29. The molecule has 1 rings (SSSR count). The molecular weight excluding hydrogens is 180 g/mol. The maximum absolute atomic E-state index is 5.61. The minimum Gasteiger partial charge on any atom is -0.373 e. The molecule has 1 atom stereocenters. The number of nitrogens with two attached hydrogens (primary N) is 1. The first-order valence-corrected chi connectivity index (χ1v) is 5.09. The first-order chi connectivity index (χ1) is 6.70. The summed E-state index contributed by atoms with van der Waals surface area (Å²) in [6.45, 7) is 6.39. The number of guanidine groups is 1. The molecule has 1 saturated heterocycles. The van der Waals surface area contributed by atoms with Crippen molar-refractivity contribution in [2.24, 2.45) is 10.8 Å². The van der Waals surface area contributed by atoms with Gasteiger partial charge in [0.25, 0.3) is 0 Å². The van der Waals surface area contributed by atoms with Crippen molar-refractivity contribution in [3.63, 3.8) is 0 Å². The van der Waals surface area contributed by atoms with E-state index in [2.05, 4.69) is 22.7 Å². The van der Waals surface area contributed by atoms with Crippen LogP contribution in [-0.4, -0.2) is 31.3 Å². The summed E-state index contributed by atoms with van der Waals surface area (Å²) in [5.74, 6) is 5.93. The number of hydrogen-bond donors (Lipinski definition) is 3. The molecule has 14 heavy (non-hydrogen) atoms. The lowest BCUT2D eigenvalue weighted by Gasteiger charge is -2.21. The Balaban J connectivity index is 2.42. The molecule has 0 aromatic heterocycles. The van der Waals surface area contributed by atoms with Gasteiger partial charge in [0.1, 0.15) is 0 Å². The third-order valence-electron chi connectivity index (χ3n) is 2.35. The van der Waals surface area contributed by atoms with Gasteiger partial charge in [-0.25, -0.2) is 10.8 Å². The summed E-state index contributed by atoms with van der Waals surface area (Å²) in [7, 11) is 0. The predicted octanol–water partition coefficient (Wildman–Crippen LogP) is -0.0157. The van der Waals surface area contributed by atoms with Crippen LogP contribution in [0.3, 0.4) is 0 Å². The Hall–Kier alpha value is -0.810.